The van der Waals surface area contributed by atoms with Gasteiger partial charge in [0.15, 0.2) is 5.78 Å². The van der Waals surface area contributed by atoms with Crippen LogP contribution < -0.4 is 0 Å². The third kappa shape index (κ3) is 2.45. The highest BCUT2D eigenvalue weighted by Crippen LogP contribution is 2.66. The van der Waals surface area contributed by atoms with Crippen LogP contribution in [0.15, 0.2) is 20.6 Å². The van der Waals surface area contributed by atoms with Gasteiger partial charge in [-0.05, 0) is 97.9 Å². The number of aliphatic hydroxyl groups is 1. The van der Waals surface area contributed by atoms with Gasteiger partial charge in [-0.1, -0.05) is 13.8 Å². The van der Waals surface area contributed by atoms with Crippen molar-refractivity contribution in [3.8, 4) is 0 Å². The fourth-order valence-electron chi connectivity index (χ4n) is 6.53. The average molecular weight is 472 g/mol. The van der Waals surface area contributed by atoms with E-state index in [1.165, 1.54) is 0 Å². The van der Waals surface area contributed by atoms with E-state index in [0.717, 1.165) is 33.8 Å². The van der Waals surface area contributed by atoms with E-state index in [2.05, 4.69) is 45.7 Å². The Bertz CT molecular complexity index is 720. The summed E-state index contributed by atoms with van der Waals surface area (Å²) in [7, 11) is 0. The van der Waals surface area contributed by atoms with Gasteiger partial charge in [-0.25, -0.2) is 0 Å². The summed E-state index contributed by atoms with van der Waals surface area (Å²) in [6.45, 7) is 4.28. The lowest BCUT2D eigenvalue weighted by Gasteiger charge is -2.59. The number of hydrogen-bond donors (Lipinski definition) is 1. The van der Waals surface area contributed by atoms with Gasteiger partial charge in [-0.15, -0.1) is 0 Å². The first-order chi connectivity index (χ1) is 11.7. The van der Waals surface area contributed by atoms with Crippen molar-refractivity contribution in [1.29, 1.82) is 0 Å². The van der Waals surface area contributed by atoms with E-state index < -0.39 is 6.10 Å². The lowest BCUT2D eigenvalue weighted by atomic mass is 9.46. The summed E-state index contributed by atoms with van der Waals surface area (Å²) in [4.78, 5) is 24.7. The normalized spacial score (nSPS) is 46.3. The minimum absolute atomic E-state index is 0.124. The fraction of sp³-hybridized carbons (Fsp3) is 0.700. The van der Waals surface area contributed by atoms with Crippen LogP contribution in [0.2, 0.25) is 0 Å². The maximum absolute atomic E-state index is 12.6. The Morgan fingerprint density at radius 2 is 1.92 bits per heavy atom. The third-order valence-corrected chi connectivity index (χ3v) is 8.66. The molecule has 136 valence electrons. The zero-order valence-electron chi connectivity index (χ0n) is 14.6. The van der Waals surface area contributed by atoms with Crippen LogP contribution >= 0.6 is 31.9 Å². The zero-order chi connectivity index (χ0) is 18.1. The number of Topliss-reactive ketones (excluding diaryl/α,β-unsaturated/α-hetero) is 1. The minimum Gasteiger partial charge on any atom is -0.393 e. The van der Waals surface area contributed by atoms with Gasteiger partial charge in [0, 0.05) is 18.3 Å². The van der Waals surface area contributed by atoms with Crippen LogP contribution in [0.1, 0.15) is 52.4 Å². The van der Waals surface area contributed by atoms with Gasteiger partial charge < -0.3 is 5.11 Å². The van der Waals surface area contributed by atoms with Gasteiger partial charge in [0.1, 0.15) is 5.78 Å². The van der Waals surface area contributed by atoms with Gasteiger partial charge in [0.05, 0.1) is 9.50 Å². The highest BCUT2D eigenvalue weighted by atomic mass is 79.9. The van der Waals surface area contributed by atoms with Crippen molar-refractivity contribution in [2.45, 2.75) is 58.5 Å². The molecular weight excluding hydrogens is 448 g/mol. The highest BCUT2D eigenvalue weighted by molar-refractivity contribution is 9.28. The van der Waals surface area contributed by atoms with Crippen LogP contribution in [-0.2, 0) is 9.59 Å². The molecule has 0 unspecified atom stereocenters. The molecule has 3 saturated carbocycles. The van der Waals surface area contributed by atoms with Crippen LogP contribution in [0.25, 0.3) is 0 Å². The van der Waals surface area contributed by atoms with Gasteiger partial charge in [0.25, 0.3) is 0 Å². The number of rotatable bonds is 0. The van der Waals surface area contributed by atoms with Crippen LogP contribution in [0.4, 0.5) is 0 Å². The van der Waals surface area contributed by atoms with E-state index in [1.54, 1.807) is 6.08 Å². The molecule has 0 bridgehead atoms. The number of halogens is 2. The number of ketones is 2. The third-order valence-electron chi connectivity index (χ3n) is 7.70. The zero-order valence-corrected chi connectivity index (χ0v) is 17.8. The summed E-state index contributed by atoms with van der Waals surface area (Å²) in [6.07, 6.45) is 5.62. The molecule has 3 fully saturated rings. The summed E-state index contributed by atoms with van der Waals surface area (Å²) in [6, 6.07) is 0. The number of carbonyl (C=O) groups is 2. The molecule has 0 aromatic carbocycles. The average Bonchev–Trinajstić information content (AvgIpc) is 2.82. The van der Waals surface area contributed by atoms with Crippen LogP contribution in [0, 0.1) is 28.6 Å². The summed E-state index contributed by atoms with van der Waals surface area (Å²) in [5.74, 6) is 1.24. The van der Waals surface area contributed by atoms with Gasteiger partial charge in [-0.3, -0.25) is 9.59 Å². The first-order valence-electron chi connectivity index (χ1n) is 9.19. The lowest BCUT2D eigenvalue weighted by Crippen LogP contribution is -2.57. The Kier molecular flexibility index (Phi) is 4.25. The number of aliphatic hydroxyl groups excluding tert-OH is 1. The number of hydrogen-bond acceptors (Lipinski definition) is 3. The molecule has 0 aromatic rings. The topological polar surface area (TPSA) is 54.4 Å². The smallest absolute Gasteiger partial charge is 0.156 e. The molecular formula is C20H24Br2O3. The van der Waals surface area contributed by atoms with E-state index in [9.17, 15) is 14.7 Å². The summed E-state index contributed by atoms with van der Waals surface area (Å²) < 4.78 is 0.900. The van der Waals surface area contributed by atoms with Crippen molar-refractivity contribution < 1.29 is 14.7 Å². The number of fused-ring (bicyclic) bond motifs is 5. The van der Waals surface area contributed by atoms with Crippen molar-refractivity contribution in [3.05, 3.63) is 20.6 Å². The number of carbonyl (C=O) groups excluding carboxylic acids is 2. The molecule has 4 aliphatic carbocycles. The Morgan fingerprint density at radius 3 is 2.60 bits per heavy atom. The molecule has 4 rings (SSSR count). The predicted molar refractivity (Wildman–Crippen MR) is 103 cm³/mol. The largest absolute Gasteiger partial charge is 0.393 e. The lowest BCUT2D eigenvalue weighted by molar-refractivity contribution is -0.144. The van der Waals surface area contributed by atoms with Gasteiger partial charge in [-0.2, -0.15) is 0 Å². The molecule has 0 spiro atoms. The van der Waals surface area contributed by atoms with E-state index in [1.807, 2.05) is 0 Å². The minimum atomic E-state index is -0.481. The summed E-state index contributed by atoms with van der Waals surface area (Å²) >= 11 is 7.17. The maximum Gasteiger partial charge on any atom is 0.156 e. The Labute approximate surface area is 165 Å². The second-order valence-electron chi connectivity index (χ2n) is 8.83. The molecule has 6 atom stereocenters. The molecule has 0 saturated heterocycles. The molecule has 0 aliphatic heterocycles. The molecule has 0 heterocycles. The molecule has 0 aromatic heterocycles. The summed E-state index contributed by atoms with van der Waals surface area (Å²) in [5, 5.41) is 11.1. The second-order valence-corrected chi connectivity index (χ2v) is 11.5. The fourth-order valence-corrected chi connectivity index (χ4v) is 7.28. The summed E-state index contributed by atoms with van der Waals surface area (Å²) in [5.41, 5.74) is 1.64. The molecule has 3 nitrogen and oxygen atoms in total. The van der Waals surface area contributed by atoms with E-state index in [4.69, 9.17) is 0 Å². The van der Waals surface area contributed by atoms with Gasteiger partial charge in [0.2, 0.25) is 0 Å². The predicted octanol–water partition coefficient (Wildman–Crippen LogP) is 4.67. The molecule has 25 heavy (non-hydrogen) atoms. The Morgan fingerprint density at radius 1 is 1.20 bits per heavy atom. The van der Waals surface area contributed by atoms with E-state index >= 15 is 0 Å². The SMILES string of the molecule is C[C@]12CCC(=O)C=C1C(=C(Br)Br)C[C@@H]1[C@@H]2[C@@H](O)C[C@]2(C)C(=O)CC[C@@H]12. The van der Waals surface area contributed by atoms with Crippen LogP contribution in [0.3, 0.4) is 0 Å². The monoisotopic (exact) mass is 470 g/mol. The van der Waals surface area contributed by atoms with E-state index in [-0.39, 0.29) is 28.4 Å². The van der Waals surface area contributed by atoms with Crippen molar-refractivity contribution >= 4 is 43.4 Å². The van der Waals surface area contributed by atoms with Crippen molar-refractivity contribution in [2.24, 2.45) is 28.6 Å². The van der Waals surface area contributed by atoms with Gasteiger partial charge >= 0.3 is 0 Å². The maximum atomic E-state index is 12.6. The van der Waals surface area contributed by atoms with Crippen LogP contribution in [0.5, 0.6) is 0 Å². The Hall–Kier alpha value is -0.260. The quantitative estimate of drug-likeness (QED) is 0.558. The molecule has 5 heteroatoms. The van der Waals surface area contributed by atoms with Crippen molar-refractivity contribution in [3.63, 3.8) is 0 Å². The molecule has 4 aliphatic rings. The second kappa shape index (κ2) is 5.87. The molecule has 0 radical (unpaired) electrons. The molecule has 1 N–H and O–H groups in total. The van der Waals surface area contributed by atoms with Crippen molar-refractivity contribution in [1.82, 2.24) is 0 Å². The number of allylic oxidation sites excluding steroid dienone is 2. The standard InChI is InChI=1S/C20H24Br2O3/c1-19-6-5-10(23)7-14(19)12(18(21)22)8-11-13-3-4-16(25)20(13,2)9-15(24)17(11)19/h7,11,13,15,17,24H,3-6,8-9H2,1-2H3/t11-,13-,15-,17+,19-,20-/m0/s1. The van der Waals surface area contributed by atoms with E-state index in [0.29, 0.717) is 31.0 Å². The first kappa shape index (κ1) is 18.1. The highest BCUT2D eigenvalue weighted by Gasteiger charge is 2.62. The van der Waals surface area contributed by atoms with Crippen LogP contribution in [-0.4, -0.2) is 22.8 Å². The van der Waals surface area contributed by atoms with Crippen molar-refractivity contribution in [2.75, 3.05) is 0 Å². The molecule has 0 amide bonds. The first-order valence-corrected chi connectivity index (χ1v) is 10.8. The Balaban J connectivity index is 1.86.